The van der Waals surface area contributed by atoms with E-state index in [0.29, 0.717) is 16.8 Å². The lowest BCUT2D eigenvalue weighted by Crippen LogP contribution is -2.26. The van der Waals surface area contributed by atoms with Gasteiger partial charge < -0.3 is 9.32 Å². The number of carbonyl (C=O) groups is 1. The molecule has 0 aliphatic heterocycles. The van der Waals surface area contributed by atoms with Gasteiger partial charge in [-0.25, -0.2) is 0 Å². The molecule has 0 aliphatic carbocycles. The van der Waals surface area contributed by atoms with Crippen molar-refractivity contribution < 1.29 is 9.21 Å². The third-order valence-corrected chi connectivity index (χ3v) is 3.84. The van der Waals surface area contributed by atoms with E-state index in [1.807, 2.05) is 36.4 Å². The molecule has 0 unspecified atom stereocenters. The molecule has 0 saturated carbocycles. The van der Waals surface area contributed by atoms with E-state index in [1.54, 1.807) is 11.9 Å². The summed E-state index contributed by atoms with van der Waals surface area (Å²) in [6.45, 7) is 0.454. The third kappa shape index (κ3) is 3.14. The molecule has 1 aromatic heterocycles. The van der Waals surface area contributed by atoms with Gasteiger partial charge in [-0.15, -0.1) is 0 Å². The lowest BCUT2D eigenvalue weighted by atomic mass is 10.2. The molecule has 2 aromatic rings. The molecule has 0 aliphatic rings. The molecule has 1 heterocycles. The summed E-state index contributed by atoms with van der Waals surface area (Å²) in [6.07, 6.45) is 0. The van der Waals surface area contributed by atoms with E-state index in [1.165, 1.54) is 0 Å². The van der Waals surface area contributed by atoms with Crippen molar-refractivity contribution >= 4 is 44.4 Å². The predicted octanol–water partition coefficient (Wildman–Crippen LogP) is 3.92. The second kappa shape index (κ2) is 5.88. The van der Waals surface area contributed by atoms with Crippen LogP contribution in [-0.2, 0) is 6.54 Å². The van der Waals surface area contributed by atoms with Gasteiger partial charge in [-0.05, 0) is 62.8 Å². The first-order chi connectivity index (χ1) is 8.58. The summed E-state index contributed by atoms with van der Waals surface area (Å²) in [5.74, 6) is 0.746. The maximum absolute atomic E-state index is 12.2. The predicted molar refractivity (Wildman–Crippen MR) is 81.4 cm³/mol. The Kier molecular flexibility index (Phi) is 4.45. The van der Waals surface area contributed by atoms with Crippen LogP contribution in [0.25, 0.3) is 0 Å². The summed E-state index contributed by atoms with van der Waals surface area (Å²) in [5.41, 5.74) is 0.714. The van der Waals surface area contributed by atoms with Crippen molar-refractivity contribution in [2.45, 2.75) is 6.54 Å². The van der Waals surface area contributed by atoms with Gasteiger partial charge in [-0.3, -0.25) is 4.79 Å². The SMILES string of the molecule is CN(Cc1ccc(Br)o1)C(=O)c1ccccc1I. The molecule has 0 saturated heterocycles. The molecule has 1 amide bonds. The first-order valence-electron chi connectivity index (χ1n) is 5.32. The largest absolute Gasteiger partial charge is 0.452 e. The summed E-state index contributed by atoms with van der Waals surface area (Å²) >= 11 is 5.41. The van der Waals surface area contributed by atoms with Crippen LogP contribution in [0.3, 0.4) is 0 Å². The monoisotopic (exact) mass is 419 g/mol. The smallest absolute Gasteiger partial charge is 0.255 e. The molecular formula is C13H11BrINO2. The molecule has 0 radical (unpaired) electrons. The van der Waals surface area contributed by atoms with Gasteiger partial charge in [0, 0.05) is 10.6 Å². The summed E-state index contributed by atoms with van der Waals surface area (Å²) < 4.78 is 7.02. The van der Waals surface area contributed by atoms with Gasteiger partial charge in [-0.1, -0.05) is 12.1 Å². The van der Waals surface area contributed by atoms with Crippen molar-refractivity contribution in [3.63, 3.8) is 0 Å². The van der Waals surface area contributed by atoms with Gasteiger partial charge in [0.05, 0.1) is 12.1 Å². The molecule has 2 rings (SSSR count). The van der Waals surface area contributed by atoms with E-state index < -0.39 is 0 Å². The number of halogens is 2. The van der Waals surface area contributed by atoms with Crippen molar-refractivity contribution in [3.8, 4) is 0 Å². The van der Waals surface area contributed by atoms with Crippen LogP contribution < -0.4 is 0 Å². The van der Waals surface area contributed by atoms with Crippen LogP contribution in [0.2, 0.25) is 0 Å². The summed E-state index contributed by atoms with van der Waals surface area (Å²) in [4.78, 5) is 13.9. The standard InChI is InChI=1S/C13H11BrINO2/c1-16(8-9-6-7-12(14)18-9)13(17)10-4-2-3-5-11(10)15/h2-7H,8H2,1H3. The Bertz CT molecular complexity index is 568. The van der Waals surface area contributed by atoms with Crippen molar-refractivity contribution in [3.05, 3.63) is 56.0 Å². The summed E-state index contributed by atoms with van der Waals surface area (Å²) in [6, 6.07) is 11.2. The van der Waals surface area contributed by atoms with Gasteiger partial charge in [0.1, 0.15) is 5.76 Å². The molecule has 18 heavy (non-hydrogen) atoms. The molecule has 0 N–H and O–H groups in total. The number of nitrogens with zero attached hydrogens (tertiary/aromatic N) is 1. The zero-order valence-corrected chi connectivity index (χ0v) is 13.4. The fourth-order valence-electron chi connectivity index (χ4n) is 1.58. The third-order valence-electron chi connectivity index (χ3n) is 2.47. The van der Waals surface area contributed by atoms with Crippen LogP contribution in [-0.4, -0.2) is 17.9 Å². The number of carbonyl (C=O) groups excluding carboxylic acids is 1. The van der Waals surface area contributed by atoms with E-state index in [2.05, 4.69) is 38.5 Å². The number of furan rings is 1. The average molecular weight is 420 g/mol. The van der Waals surface area contributed by atoms with Crippen molar-refractivity contribution in [2.24, 2.45) is 0 Å². The van der Waals surface area contributed by atoms with Crippen molar-refractivity contribution in [1.29, 1.82) is 0 Å². The Balaban J connectivity index is 2.12. The molecule has 1 aromatic carbocycles. The minimum atomic E-state index is -0.00692. The van der Waals surface area contributed by atoms with Crippen LogP contribution in [0.15, 0.2) is 45.5 Å². The number of amides is 1. The van der Waals surface area contributed by atoms with Gasteiger partial charge in [0.25, 0.3) is 5.91 Å². The van der Waals surface area contributed by atoms with E-state index in [9.17, 15) is 4.79 Å². The van der Waals surface area contributed by atoms with E-state index in [4.69, 9.17) is 4.42 Å². The maximum Gasteiger partial charge on any atom is 0.255 e. The molecule has 94 valence electrons. The molecule has 0 atom stereocenters. The van der Waals surface area contributed by atoms with Crippen LogP contribution >= 0.6 is 38.5 Å². The fraction of sp³-hybridized carbons (Fsp3) is 0.154. The van der Waals surface area contributed by atoms with Gasteiger partial charge in [0.15, 0.2) is 4.67 Å². The highest BCUT2D eigenvalue weighted by Crippen LogP contribution is 2.18. The highest BCUT2D eigenvalue weighted by atomic mass is 127. The number of rotatable bonds is 3. The number of benzene rings is 1. The normalized spacial score (nSPS) is 10.4. The molecule has 5 heteroatoms. The Morgan fingerprint density at radius 1 is 1.33 bits per heavy atom. The molecule has 0 bridgehead atoms. The summed E-state index contributed by atoms with van der Waals surface area (Å²) in [5, 5.41) is 0. The lowest BCUT2D eigenvalue weighted by Gasteiger charge is -2.16. The summed E-state index contributed by atoms with van der Waals surface area (Å²) in [7, 11) is 1.77. The van der Waals surface area contributed by atoms with Gasteiger partial charge in [0.2, 0.25) is 0 Å². The number of hydrogen-bond donors (Lipinski definition) is 0. The highest BCUT2D eigenvalue weighted by molar-refractivity contribution is 14.1. The quantitative estimate of drug-likeness (QED) is 0.706. The highest BCUT2D eigenvalue weighted by Gasteiger charge is 2.15. The molecule has 0 fully saturated rings. The molecule has 0 spiro atoms. The topological polar surface area (TPSA) is 33.5 Å². The van der Waals surface area contributed by atoms with Crippen molar-refractivity contribution in [2.75, 3.05) is 7.05 Å². The van der Waals surface area contributed by atoms with Crippen LogP contribution in [0.4, 0.5) is 0 Å². The number of hydrogen-bond acceptors (Lipinski definition) is 2. The first-order valence-corrected chi connectivity index (χ1v) is 7.19. The minimum absolute atomic E-state index is 0.00692. The average Bonchev–Trinajstić information content (AvgIpc) is 2.74. The van der Waals surface area contributed by atoms with E-state index >= 15 is 0 Å². The van der Waals surface area contributed by atoms with E-state index in [0.717, 1.165) is 9.33 Å². The zero-order valence-electron chi connectivity index (χ0n) is 9.69. The van der Waals surface area contributed by atoms with Crippen LogP contribution in [0.1, 0.15) is 16.1 Å². The fourth-order valence-corrected chi connectivity index (χ4v) is 2.54. The minimum Gasteiger partial charge on any atom is -0.452 e. The van der Waals surface area contributed by atoms with Crippen LogP contribution in [0, 0.1) is 3.57 Å². The van der Waals surface area contributed by atoms with Crippen LogP contribution in [0.5, 0.6) is 0 Å². The molecular weight excluding hydrogens is 409 g/mol. The Labute approximate surface area is 127 Å². The zero-order chi connectivity index (χ0) is 13.1. The van der Waals surface area contributed by atoms with E-state index in [-0.39, 0.29) is 5.91 Å². The Morgan fingerprint density at radius 2 is 2.06 bits per heavy atom. The van der Waals surface area contributed by atoms with Gasteiger partial charge >= 0.3 is 0 Å². The Morgan fingerprint density at radius 3 is 2.67 bits per heavy atom. The maximum atomic E-state index is 12.2. The first kappa shape index (κ1) is 13.6. The lowest BCUT2D eigenvalue weighted by molar-refractivity contribution is 0.0774. The van der Waals surface area contributed by atoms with Crippen molar-refractivity contribution in [1.82, 2.24) is 4.90 Å². The van der Waals surface area contributed by atoms with Gasteiger partial charge in [-0.2, -0.15) is 0 Å². The second-order valence-electron chi connectivity index (χ2n) is 3.85. The molecule has 3 nitrogen and oxygen atoms in total. The Hall–Kier alpha value is -0.820. The second-order valence-corrected chi connectivity index (χ2v) is 5.79.